The fourth-order valence-electron chi connectivity index (χ4n) is 2.27. The zero-order chi connectivity index (χ0) is 15.6. The first-order chi connectivity index (χ1) is 10.0. The molecule has 1 aromatic rings. The van der Waals surface area contributed by atoms with Gasteiger partial charge in [-0.15, -0.1) is 11.3 Å². The molecule has 0 amide bonds. The van der Waals surface area contributed by atoms with Crippen molar-refractivity contribution >= 4 is 17.3 Å². The minimum Gasteiger partial charge on any atom is -0.466 e. The second-order valence-corrected chi connectivity index (χ2v) is 5.84. The Balaban J connectivity index is 2.68. The molecule has 6 heteroatoms. The SMILES string of the molecule is COC(=O)C1=C(C(C)C)OC(N)=C(C#N)C1c1cccs1. The van der Waals surface area contributed by atoms with Gasteiger partial charge < -0.3 is 15.2 Å². The Morgan fingerprint density at radius 1 is 1.57 bits per heavy atom. The van der Waals surface area contributed by atoms with Crippen LogP contribution in [0, 0.1) is 17.2 Å². The van der Waals surface area contributed by atoms with Gasteiger partial charge in [-0.3, -0.25) is 0 Å². The van der Waals surface area contributed by atoms with Crippen LogP contribution in [0.2, 0.25) is 0 Å². The van der Waals surface area contributed by atoms with Crippen molar-refractivity contribution in [3.8, 4) is 6.07 Å². The minimum atomic E-state index is -0.534. The van der Waals surface area contributed by atoms with Gasteiger partial charge in [0.25, 0.3) is 0 Å². The number of esters is 1. The van der Waals surface area contributed by atoms with E-state index in [1.807, 2.05) is 31.4 Å². The summed E-state index contributed by atoms with van der Waals surface area (Å²) in [5.41, 5.74) is 6.46. The molecule has 0 radical (unpaired) electrons. The molecule has 1 aromatic heterocycles. The van der Waals surface area contributed by atoms with Crippen LogP contribution in [0.1, 0.15) is 24.6 Å². The number of nitrogens with zero attached hydrogens (tertiary/aromatic N) is 1. The summed E-state index contributed by atoms with van der Waals surface area (Å²) in [6, 6.07) is 5.79. The second kappa shape index (κ2) is 6.02. The van der Waals surface area contributed by atoms with E-state index < -0.39 is 11.9 Å². The smallest absolute Gasteiger partial charge is 0.338 e. The molecule has 1 unspecified atom stereocenters. The summed E-state index contributed by atoms with van der Waals surface area (Å²) in [4.78, 5) is 13.1. The second-order valence-electron chi connectivity index (χ2n) is 4.86. The molecule has 5 nitrogen and oxygen atoms in total. The van der Waals surface area contributed by atoms with Crippen LogP contribution >= 0.6 is 11.3 Å². The monoisotopic (exact) mass is 304 g/mol. The van der Waals surface area contributed by atoms with Gasteiger partial charge in [0.05, 0.1) is 18.6 Å². The van der Waals surface area contributed by atoms with E-state index in [2.05, 4.69) is 6.07 Å². The molecule has 0 aliphatic carbocycles. The van der Waals surface area contributed by atoms with E-state index in [0.717, 1.165) is 4.88 Å². The first-order valence-corrected chi connectivity index (χ1v) is 7.32. The van der Waals surface area contributed by atoms with Gasteiger partial charge in [-0.2, -0.15) is 5.26 Å². The highest BCUT2D eigenvalue weighted by atomic mass is 32.1. The number of methoxy groups -OCH3 is 1. The van der Waals surface area contributed by atoms with Gasteiger partial charge in [0.15, 0.2) is 0 Å². The summed E-state index contributed by atoms with van der Waals surface area (Å²) in [5, 5.41) is 11.3. The Morgan fingerprint density at radius 2 is 2.29 bits per heavy atom. The Bertz CT molecular complexity index is 651. The van der Waals surface area contributed by atoms with Gasteiger partial charge in [0.2, 0.25) is 5.88 Å². The third-order valence-corrected chi connectivity index (χ3v) is 4.14. The molecule has 1 atom stereocenters. The largest absolute Gasteiger partial charge is 0.466 e. The van der Waals surface area contributed by atoms with E-state index >= 15 is 0 Å². The summed E-state index contributed by atoms with van der Waals surface area (Å²) in [7, 11) is 1.31. The molecular weight excluding hydrogens is 288 g/mol. The lowest BCUT2D eigenvalue weighted by Gasteiger charge is -2.28. The van der Waals surface area contributed by atoms with E-state index in [0.29, 0.717) is 11.3 Å². The van der Waals surface area contributed by atoms with Crippen LogP contribution in [-0.4, -0.2) is 13.1 Å². The third kappa shape index (κ3) is 2.65. The number of carbonyl (C=O) groups is 1. The first kappa shape index (κ1) is 15.1. The molecule has 0 fully saturated rings. The molecule has 0 saturated carbocycles. The minimum absolute atomic E-state index is 0.0484. The number of ether oxygens (including phenoxy) is 2. The summed E-state index contributed by atoms with van der Waals surface area (Å²) < 4.78 is 10.4. The molecular formula is C15H16N2O3S. The number of hydrogen-bond donors (Lipinski definition) is 1. The van der Waals surface area contributed by atoms with Gasteiger partial charge in [0.1, 0.15) is 17.4 Å². The van der Waals surface area contributed by atoms with E-state index in [9.17, 15) is 10.1 Å². The molecule has 0 bridgehead atoms. The molecule has 110 valence electrons. The molecule has 0 spiro atoms. The lowest BCUT2D eigenvalue weighted by molar-refractivity contribution is -0.136. The van der Waals surface area contributed by atoms with Crippen LogP contribution in [0.3, 0.4) is 0 Å². The van der Waals surface area contributed by atoms with Crippen molar-refractivity contribution in [1.82, 2.24) is 0 Å². The highest BCUT2D eigenvalue weighted by Gasteiger charge is 2.38. The van der Waals surface area contributed by atoms with Gasteiger partial charge >= 0.3 is 5.97 Å². The summed E-state index contributed by atoms with van der Waals surface area (Å²) in [6.07, 6.45) is 0. The fourth-order valence-corrected chi connectivity index (χ4v) is 3.12. The maximum Gasteiger partial charge on any atom is 0.338 e. The Kier molecular flexibility index (Phi) is 4.34. The van der Waals surface area contributed by atoms with E-state index in [1.54, 1.807) is 0 Å². The standard InChI is InChI=1S/C15H16N2O3S/c1-8(2)13-12(15(18)19-3)11(10-5-4-6-21-10)9(7-16)14(17)20-13/h4-6,8,11H,17H2,1-3H3. The number of nitriles is 1. The predicted molar refractivity (Wildman–Crippen MR) is 78.9 cm³/mol. The lowest BCUT2D eigenvalue weighted by Crippen LogP contribution is -2.27. The fraction of sp³-hybridized carbons (Fsp3) is 0.333. The molecule has 1 aliphatic rings. The first-order valence-electron chi connectivity index (χ1n) is 6.44. The Hall–Kier alpha value is -2.26. The van der Waals surface area contributed by atoms with Gasteiger partial charge in [-0.25, -0.2) is 4.79 Å². The van der Waals surface area contributed by atoms with Crippen molar-refractivity contribution in [2.75, 3.05) is 7.11 Å². The average molecular weight is 304 g/mol. The van der Waals surface area contributed by atoms with Gasteiger partial charge in [-0.05, 0) is 11.4 Å². The number of carbonyl (C=O) groups excluding carboxylic acids is 1. The normalized spacial score (nSPS) is 18.5. The lowest BCUT2D eigenvalue weighted by atomic mass is 9.85. The molecule has 1 aliphatic heterocycles. The van der Waals surface area contributed by atoms with Crippen LogP contribution < -0.4 is 5.73 Å². The van der Waals surface area contributed by atoms with Crippen molar-refractivity contribution in [3.63, 3.8) is 0 Å². The molecule has 2 N–H and O–H groups in total. The quantitative estimate of drug-likeness (QED) is 0.868. The Morgan fingerprint density at radius 3 is 2.76 bits per heavy atom. The van der Waals surface area contributed by atoms with Crippen molar-refractivity contribution in [2.24, 2.45) is 11.7 Å². The van der Waals surface area contributed by atoms with Crippen molar-refractivity contribution in [1.29, 1.82) is 5.26 Å². The van der Waals surface area contributed by atoms with Crippen LogP contribution in [0.4, 0.5) is 0 Å². The van der Waals surface area contributed by atoms with E-state index in [1.165, 1.54) is 18.4 Å². The number of nitrogens with two attached hydrogens (primary N) is 1. The molecule has 2 heterocycles. The topological polar surface area (TPSA) is 85.3 Å². The van der Waals surface area contributed by atoms with Crippen molar-refractivity contribution < 1.29 is 14.3 Å². The van der Waals surface area contributed by atoms with Crippen LogP contribution in [-0.2, 0) is 14.3 Å². The predicted octanol–water partition coefficient (Wildman–Crippen LogP) is 2.64. The number of thiophene rings is 1. The molecule has 0 saturated heterocycles. The van der Waals surface area contributed by atoms with Crippen molar-refractivity contribution in [3.05, 3.63) is 45.2 Å². The Labute approximate surface area is 127 Å². The molecule has 2 rings (SSSR count). The van der Waals surface area contributed by atoms with Crippen LogP contribution in [0.25, 0.3) is 0 Å². The maximum absolute atomic E-state index is 12.2. The van der Waals surface area contributed by atoms with E-state index in [4.69, 9.17) is 15.2 Å². The highest BCUT2D eigenvalue weighted by Crippen LogP contribution is 2.42. The van der Waals surface area contributed by atoms with E-state index in [-0.39, 0.29) is 17.4 Å². The molecule has 0 aromatic carbocycles. The van der Waals surface area contributed by atoms with Crippen LogP contribution in [0.15, 0.2) is 40.3 Å². The summed E-state index contributed by atoms with van der Waals surface area (Å²) in [5.74, 6) is -0.588. The van der Waals surface area contributed by atoms with Gasteiger partial charge in [-0.1, -0.05) is 19.9 Å². The maximum atomic E-state index is 12.2. The highest BCUT2D eigenvalue weighted by molar-refractivity contribution is 7.10. The zero-order valence-corrected chi connectivity index (χ0v) is 12.9. The van der Waals surface area contributed by atoms with Crippen molar-refractivity contribution in [2.45, 2.75) is 19.8 Å². The average Bonchev–Trinajstić information content (AvgIpc) is 2.98. The third-order valence-electron chi connectivity index (χ3n) is 3.21. The number of rotatable bonds is 3. The summed E-state index contributed by atoms with van der Waals surface area (Å²) >= 11 is 1.46. The number of allylic oxidation sites excluding steroid dienone is 2. The zero-order valence-electron chi connectivity index (χ0n) is 12.0. The van der Waals surface area contributed by atoms with Crippen LogP contribution in [0.5, 0.6) is 0 Å². The summed E-state index contributed by atoms with van der Waals surface area (Å²) in [6.45, 7) is 3.79. The molecule has 21 heavy (non-hydrogen) atoms. The number of hydrogen-bond acceptors (Lipinski definition) is 6. The van der Waals surface area contributed by atoms with Gasteiger partial charge in [0, 0.05) is 10.8 Å².